The highest BCUT2D eigenvalue weighted by Gasteiger charge is 2.36. The van der Waals surface area contributed by atoms with Gasteiger partial charge in [0.2, 0.25) is 0 Å². The molecule has 0 radical (unpaired) electrons. The Kier molecular flexibility index (Phi) is 2.69. The Balaban J connectivity index is 2.45. The lowest BCUT2D eigenvalue weighted by Crippen LogP contribution is -2.42. The van der Waals surface area contributed by atoms with Gasteiger partial charge in [0.1, 0.15) is 0 Å². The molecule has 1 fully saturated rings. The minimum absolute atomic E-state index is 0.152. The summed E-state index contributed by atoms with van der Waals surface area (Å²) in [7, 11) is 1.37. The molecule has 0 aromatic carbocycles. The Hall–Kier alpha value is -0.610. The van der Waals surface area contributed by atoms with Crippen LogP contribution in [0.15, 0.2) is 0 Å². The first kappa shape index (κ1) is 9.48. The number of hydrogen-bond acceptors (Lipinski definition) is 4. The van der Waals surface area contributed by atoms with Gasteiger partial charge in [0.05, 0.1) is 31.8 Å². The minimum atomic E-state index is -0.507. The third-order valence-corrected chi connectivity index (χ3v) is 2.07. The van der Waals surface area contributed by atoms with Crippen LogP contribution in [0.1, 0.15) is 19.8 Å². The van der Waals surface area contributed by atoms with Crippen LogP contribution >= 0.6 is 0 Å². The molecule has 0 aliphatic carbocycles. The number of rotatable bonds is 2. The molecule has 2 atom stereocenters. The second-order valence-corrected chi connectivity index (χ2v) is 3.44. The highest BCUT2D eigenvalue weighted by molar-refractivity contribution is 5.70. The average molecular weight is 173 g/mol. The van der Waals surface area contributed by atoms with Gasteiger partial charge >= 0.3 is 5.97 Å². The van der Waals surface area contributed by atoms with E-state index in [0.717, 1.165) is 6.42 Å². The summed E-state index contributed by atoms with van der Waals surface area (Å²) in [5.74, 6) is -0.268. The van der Waals surface area contributed by atoms with Crippen LogP contribution in [0.2, 0.25) is 0 Å². The van der Waals surface area contributed by atoms with E-state index in [9.17, 15) is 4.79 Å². The molecule has 1 aliphatic rings. The van der Waals surface area contributed by atoms with Crippen molar-refractivity contribution in [2.45, 2.75) is 31.4 Å². The fraction of sp³-hybridized carbons (Fsp3) is 0.875. The molecule has 0 aromatic heterocycles. The Bertz CT molecular complexity index is 183. The molecule has 1 heterocycles. The number of methoxy groups -OCH3 is 1. The molecule has 70 valence electrons. The number of carbonyl (C=O) groups excluding carboxylic acids is 1. The van der Waals surface area contributed by atoms with E-state index in [-0.39, 0.29) is 18.5 Å². The second kappa shape index (κ2) is 3.41. The lowest BCUT2D eigenvalue weighted by Gasteiger charge is -2.19. The maximum Gasteiger partial charge on any atom is 0.307 e. The molecule has 0 spiro atoms. The van der Waals surface area contributed by atoms with Crippen LogP contribution in [-0.2, 0) is 14.3 Å². The SMILES string of the molecule is COC(=O)CC1(N)COC(C)C1. The van der Waals surface area contributed by atoms with Gasteiger partial charge in [-0.1, -0.05) is 0 Å². The third kappa shape index (κ3) is 2.19. The summed E-state index contributed by atoms with van der Waals surface area (Å²) in [6.45, 7) is 2.40. The van der Waals surface area contributed by atoms with Crippen molar-refractivity contribution in [3.05, 3.63) is 0 Å². The van der Waals surface area contributed by atoms with Crippen molar-refractivity contribution in [1.82, 2.24) is 0 Å². The average Bonchev–Trinajstić information content (AvgIpc) is 2.30. The summed E-state index contributed by atoms with van der Waals surface area (Å²) < 4.78 is 9.82. The van der Waals surface area contributed by atoms with E-state index in [2.05, 4.69) is 4.74 Å². The van der Waals surface area contributed by atoms with Crippen LogP contribution in [0.4, 0.5) is 0 Å². The van der Waals surface area contributed by atoms with Gasteiger partial charge in [-0.05, 0) is 13.3 Å². The van der Waals surface area contributed by atoms with Gasteiger partial charge in [-0.3, -0.25) is 4.79 Å². The summed E-state index contributed by atoms with van der Waals surface area (Å²) in [6, 6.07) is 0. The fourth-order valence-electron chi connectivity index (χ4n) is 1.48. The van der Waals surface area contributed by atoms with E-state index in [1.54, 1.807) is 0 Å². The van der Waals surface area contributed by atoms with Crippen LogP contribution in [0.3, 0.4) is 0 Å². The smallest absolute Gasteiger partial charge is 0.307 e. The van der Waals surface area contributed by atoms with Gasteiger partial charge < -0.3 is 15.2 Å². The quantitative estimate of drug-likeness (QED) is 0.600. The molecular weight excluding hydrogens is 158 g/mol. The summed E-state index contributed by atoms with van der Waals surface area (Å²) in [5, 5.41) is 0. The number of carbonyl (C=O) groups is 1. The third-order valence-electron chi connectivity index (χ3n) is 2.07. The van der Waals surface area contributed by atoms with Gasteiger partial charge in [0.25, 0.3) is 0 Å². The van der Waals surface area contributed by atoms with Crippen LogP contribution in [-0.4, -0.2) is 31.3 Å². The van der Waals surface area contributed by atoms with E-state index in [1.807, 2.05) is 6.92 Å². The predicted molar refractivity (Wildman–Crippen MR) is 43.6 cm³/mol. The normalized spacial score (nSPS) is 35.1. The maximum absolute atomic E-state index is 10.9. The van der Waals surface area contributed by atoms with Crippen LogP contribution in [0, 0.1) is 0 Å². The van der Waals surface area contributed by atoms with Crippen molar-refractivity contribution in [3.8, 4) is 0 Å². The van der Waals surface area contributed by atoms with E-state index < -0.39 is 5.54 Å². The number of ether oxygens (including phenoxy) is 2. The number of hydrogen-bond donors (Lipinski definition) is 1. The Morgan fingerprint density at radius 3 is 2.92 bits per heavy atom. The first-order valence-electron chi connectivity index (χ1n) is 4.03. The van der Waals surface area contributed by atoms with E-state index in [0.29, 0.717) is 6.61 Å². The maximum atomic E-state index is 10.9. The molecule has 0 aromatic rings. The lowest BCUT2D eigenvalue weighted by molar-refractivity contribution is -0.142. The molecular formula is C8H15NO3. The van der Waals surface area contributed by atoms with Crippen molar-refractivity contribution in [2.75, 3.05) is 13.7 Å². The zero-order valence-electron chi connectivity index (χ0n) is 7.50. The molecule has 1 aliphatic heterocycles. The van der Waals surface area contributed by atoms with Crippen molar-refractivity contribution < 1.29 is 14.3 Å². The van der Waals surface area contributed by atoms with Crippen molar-refractivity contribution in [2.24, 2.45) is 5.73 Å². The van der Waals surface area contributed by atoms with Crippen molar-refractivity contribution >= 4 is 5.97 Å². The van der Waals surface area contributed by atoms with Crippen LogP contribution < -0.4 is 5.73 Å². The number of nitrogens with two attached hydrogens (primary N) is 1. The Morgan fingerprint density at radius 1 is 1.83 bits per heavy atom. The van der Waals surface area contributed by atoms with Gasteiger partial charge in [-0.25, -0.2) is 0 Å². The first-order chi connectivity index (χ1) is 5.56. The zero-order chi connectivity index (χ0) is 9.19. The lowest BCUT2D eigenvalue weighted by atomic mass is 9.94. The predicted octanol–water partition coefficient (Wildman–Crippen LogP) is 0.0558. The van der Waals surface area contributed by atoms with Gasteiger partial charge in [-0.2, -0.15) is 0 Å². The molecule has 1 rings (SSSR count). The molecule has 2 N–H and O–H groups in total. The zero-order valence-corrected chi connectivity index (χ0v) is 7.50. The number of esters is 1. The molecule has 2 unspecified atom stereocenters. The molecule has 4 heteroatoms. The Labute approximate surface area is 72.0 Å². The van der Waals surface area contributed by atoms with Crippen LogP contribution in [0.25, 0.3) is 0 Å². The topological polar surface area (TPSA) is 61.5 Å². The molecule has 0 saturated carbocycles. The summed E-state index contributed by atoms with van der Waals surface area (Å²) in [5.41, 5.74) is 5.39. The summed E-state index contributed by atoms with van der Waals surface area (Å²) in [4.78, 5) is 10.9. The van der Waals surface area contributed by atoms with E-state index >= 15 is 0 Å². The van der Waals surface area contributed by atoms with Crippen LogP contribution in [0.5, 0.6) is 0 Å². The van der Waals surface area contributed by atoms with E-state index in [1.165, 1.54) is 7.11 Å². The van der Waals surface area contributed by atoms with Gasteiger partial charge in [0.15, 0.2) is 0 Å². The molecule has 4 nitrogen and oxygen atoms in total. The van der Waals surface area contributed by atoms with Gasteiger partial charge in [-0.15, -0.1) is 0 Å². The second-order valence-electron chi connectivity index (χ2n) is 3.44. The summed E-state index contributed by atoms with van der Waals surface area (Å²) in [6.07, 6.45) is 1.12. The van der Waals surface area contributed by atoms with Crippen molar-refractivity contribution in [1.29, 1.82) is 0 Å². The molecule has 1 saturated heterocycles. The molecule has 0 amide bonds. The largest absolute Gasteiger partial charge is 0.469 e. The highest BCUT2D eigenvalue weighted by atomic mass is 16.5. The minimum Gasteiger partial charge on any atom is -0.469 e. The summed E-state index contributed by atoms with van der Waals surface area (Å²) >= 11 is 0. The molecule has 0 bridgehead atoms. The molecule has 12 heavy (non-hydrogen) atoms. The van der Waals surface area contributed by atoms with Crippen molar-refractivity contribution in [3.63, 3.8) is 0 Å². The van der Waals surface area contributed by atoms with Gasteiger partial charge in [0, 0.05) is 0 Å². The first-order valence-corrected chi connectivity index (χ1v) is 4.03. The fourth-order valence-corrected chi connectivity index (χ4v) is 1.48. The standard InChI is InChI=1S/C8H15NO3/c1-6-3-8(9,5-12-6)4-7(10)11-2/h6H,3-5,9H2,1-2H3. The highest BCUT2D eigenvalue weighted by Crippen LogP contribution is 2.24. The van der Waals surface area contributed by atoms with E-state index in [4.69, 9.17) is 10.5 Å². The Morgan fingerprint density at radius 2 is 2.50 bits per heavy atom. The monoisotopic (exact) mass is 173 g/mol.